The maximum atomic E-state index is 10.6. The molecule has 4 nitrogen and oxygen atoms in total. The molecule has 1 aromatic rings. The maximum absolute atomic E-state index is 10.6. The van der Waals surface area contributed by atoms with Crippen LogP contribution in [0.3, 0.4) is 0 Å². The van der Waals surface area contributed by atoms with Crippen LogP contribution in [0, 0.1) is 11.6 Å². The second-order valence-electron chi connectivity index (χ2n) is 2.12. The second-order valence-corrected chi connectivity index (χ2v) is 3.32. The lowest BCUT2D eigenvalue weighted by atomic mass is 10.4. The molecular weight excluding hydrogens is 244 g/mol. The number of aromatic nitrogens is 2. The minimum Gasteiger partial charge on any atom is -0.476 e. The van der Waals surface area contributed by atoms with E-state index in [1.54, 1.807) is 6.92 Å². The van der Waals surface area contributed by atoms with Crippen molar-refractivity contribution in [2.24, 2.45) is 0 Å². The summed E-state index contributed by atoms with van der Waals surface area (Å²) in [5.41, 5.74) is -0.0590. The minimum absolute atomic E-state index is 0.0590. The number of halogens is 1. The summed E-state index contributed by atoms with van der Waals surface area (Å²) in [5.74, 6) is -0.606. The van der Waals surface area contributed by atoms with Crippen LogP contribution in [0.5, 0.6) is 0 Å². The number of hydrogen-bond donors (Lipinski definition) is 2. The molecule has 0 unspecified atom stereocenters. The van der Waals surface area contributed by atoms with Crippen LogP contribution in [-0.2, 0) is 0 Å². The van der Waals surface area contributed by atoms with Gasteiger partial charge in [0.05, 0.1) is 4.47 Å². The molecule has 0 atom stereocenters. The molecule has 0 aliphatic heterocycles. The third-order valence-electron chi connectivity index (χ3n) is 1.18. The molecule has 1 aromatic heterocycles. The van der Waals surface area contributed by atoms with Gasteiger partial charge in [-0.05, 0) is 22.9 Å². The standard InChI is InChI=1S/C6H5BrN2O2S/c1-2-8-4(6(10)11)3(7)5(12)9-2/h1H3,(H,10,11)(H,8,9,12). The van der Waals surface area contributed by atoms with Crippen molar-refractivity contribution in [3.63, 3.8) is 0 Å². The number of nitrogens with one attached hydrogen (secondary N) is 1. The van der Waals surface area contributed by atoms with Crippen molar-refractivity contribution in [2.75, 3.05) is 0 Å². The zero-order chi connectivity index (χ0) is 9.30. The zero-order valence-electron chi connectivity index (χ0n) is 6.09. The van der Waals surface area contributed by atoms with E-state index >= 15 is 0 Å². The Hall–Kier alpha value is -0.750. The molecule has 0 aliphatic carbocycles. The number of H-pyrrole nitrogens is 1. The zero-order valence-corrected chi connectivity index (χ0v) is 8.49. The fourth-order valence-electron chi connectivity index (χ4n) is 0.713. The highest BCUT2D eigenvalue weighted by Crippen LogP contribution is 2.15. The highest BCUT2D eigenvalue weighted by Gasteiger charge is 2.11. The van der Waals surface area contributed by atoms with Gasteiger partial charge < -0.3 is 10.1 Å². The second kappa shape index (κ2) is 3.32. The van der Waals surface area contributed by atoms with E-state index < -0.39 is 5.97 Å². The largest absolute Gasteiger partial charge is 0.476 e. The lowest BCUT2D eigenvalue weighted by Crippen LogP contribution is -2.04. The van der Waals surface area contributed by atoms with Crippen LogP contribution in [-0.4, -0.2) is 21.0 Å². The Labute approximate surface area is 81.8 Å². The summed E-state index contributed by atoms with van der Waals surface area (Å²) >= 11 is 7.88. The van der Waals surface area contributed by atoms with E-state index in [-0.39, 0.29) is 5.69 Å². The van der Waals surface area contributed by atoms with Gasteiger partial charge in [-0.3, -0.25) is 0 Å². The summed E-state index contributed by atoms with van der Waals surface area (Å²) in [6, 6.07) is 0. The van der Waals surface area contributed by atoms with Gasteiger partial charge in [0, 0.05) is 0 Å². The SMILES string of the molecule is Cc1nc(C(=O)O)c(Br)c(=S)[nH]1. The Kier molecular flexibility index (Phi) is 2.58. The normalized spacial score (nSPS) is 9.83. The highest BCUT2D eigenvalue weighted by molar-refractivity contribution is 9.10. The number of carboxylic acids is 1. The number of nitrogens with zero attached hydrogens (tertiary/aromatic N) is 1. The van der Waals surface area contributed by atoms with Gasteiger partial charge >= 0.3 is 5.97 Å². The van der Waals surface area contributed by atoms with E-state index in [2.05, 4.69) is 25.9 Å². The van der Waals surface area contributed by atoms with Crippen molar-refractivity contribution in [2.45, 2.75) is 6.92 Å². The van der Waals surface area contributed by atoms with Gasteiger partial charge in [-0.25, -0.2) is 9.78 Å². The lowest BCUT2D eigenvalue weighted by Gasteiger charge is -1.99. The predicted molar refractivity (Wildman–Crippen MR) is 48.8 cm³/mol. The number of carbonyl (C=O) groups is 1. The number of hydrogen-bond acceptors (Lipinski definition) is 3. The Balaban J connectivity index is 3.48. The number of aromatic amines is 1. The van der Waals surface area contributed by atoms with Crippen LogP contribution < -0.4 is 0 Å². The third-order valence-corrected chi connectivity index (χ3v) is 2.52. The monoisotopic (exact) mass is 248 g/mol. The van der Waals surface area contributed by atoms with E-state index in [1.165, 1.54) is 0 Å². The number of aryl methyl sites for hydroxylation is 1. The lowest BCUT2D eigenvalue weighted by molar-refractivity contribution is 0.0688. The van der Waals surface area contributed by atoms with Crippen LogP contribution in [0.15, 0.2) is 4.47 Å². The number of carboxylic acid groups (broad SMARTS) is 1. The molecule has 0 saturated carbocycles. The number of rotatable bonds is 1. The van der Waals surface area contributed by atoms with E-state index in [4.69, 9.17) is 17.3 Å². The first kappa shape index (κ1) is 9.34. The van der Waals surface area contributed by atoms with Crippen molar-refractivity contribution >= 4 is 34.1 Å². The Bertz CT molecular complexity index is 388. The molecule has 0 bridgehead atoms. The summed E-state index contributed by atoms with van der Waals surface area (Å²) in [5, 5.41) is 8.66. The molecule has 12 heavy (non-hydrogen) atoms. The van der Waals surface area contributed by atoms with E-state index in [0.29, 0.717) is 14.9 Å². The molecule has 0 radical (unpaired) electrons. The van der Waals surface area contributed by atoms with E-state index in [9.17, 15) is 4.79 Å². The average Bonchev–Trinajstić information content (AvgIpc) is 1.96. The summed E-state index contributed by atoms with van der Waals surface area (Å²) in [7, 11) is 0. The fourth-order valence-corrected chi connectivity index (χ4v) is 1.31. The molecule has 0 amide bonds. The third kappa shape index (κ3) is 1.70. The summed E-state index contributed by atoms with van der Waals surface area (Å²) in [6.45, 7) is 1.65. The van der Waals surface area contributed by atoms with Crippen LogP contribution in [0.25, 0.3) is 0 Å². The van der Waals surface area contributed by atoms with Gasteiger partial charge in [0.25, 0.3) is 0 Å². The van der Waals surface area contributed by atoms with Gasteiger partial charge in [0.15, 0.2) is 5.69 Å². The minimum atomic E-state index is -1.09. The van der Waals surface area contributed by atoms with Crippen molar-refractivity contribution in [3.05, 3.63) is 20.6 Å². The first-order valence-corrected chi connectivity index (χ1v) is 4.22. The smallest absolute Gasteiger partial charge is 0.355 e. The van der Waals surface area contributed by atoms with Crippen LogP contribution in [0.1, 0.15) is 16.3 Å². The molecule has 0 aliphatic rings. The van der Waals surface area contributed by atoms with Crippen LogP contribution in [0.2, 0.25) is 0 Å². The molecule has 6 heteroatoms. The molecule has 1 heterocycles. The van der Waals surface area contributed by atoms with Crippen molar-refractivity contribution in [3.8, 4) is 0 Å². The Morgan fingerprint density at radius 2 is 2.33 bits per heavy atom. The predicted octanol–water partition coefficient (Wildman–Crippen LogP) is 1.91. The molecule has 0 spiro atoms. The van der Waals surface area contributed by atoms with E-state index in [0.717, 1.165) is 0 Å². The Morgan fingerprint density at radius 3 is 2.83 bits per heavy atom. The van der Waals surface area contributed by atoms with E-state index in [1.807, 2.05) is 0 Å². The van der Waals surface area contributed by atoms with Gasteiger partial charge in [-0.1, -0.05) is 12.2 Å². The molecule has 2 N–H and O–H groups in total. The fraction of sp³-hybridized carbons (Fsp3) is 0.167. The first-order chi connectivity index (χ1) is 5.52. The molecule has 0 fully saturated rings. The van der Waals surface area contributed by atoms with Gasteiger partial charge in [0.1, 0.15) is 10.5 Å². The molecule has 1 rings (SSSR count). The first-order valence-electron chi connectivity index (χ1n) is 3.02. The Morgan fingerprint density at radius 1 is 1.75 bits per heavy atom. The molecule has 0 aromatic carbocycles. The van der Waals surface area contributed by atoms with Crippen molar-refractivity contribution in [1.82, 2.24) is 9.97 Å². The number of aromatic carboxylic acids is 1. The summed E-state index contributed by atoms with van der Waals surface area (Å²) < 4.78 is 0.663. The van der Waals surface area contributed by atoms with Gasteiger partial charge in [-0.15, -0.1) is 0 Å². The van der Waals surface area contributed by atoms with Gasteiger partial charge in [-0.2, -0.15) is 0 Å². The average molecular weight is 249 g/mol. The summed E-state index contributed by atoms with van der Waals surface area (Å²) in [6.07, 6.45) is 0. The molecule has 0 saturated heterocycles. The van der Waals surface area contributed by atoms with Crippen molar-refractivity contribution in [1.29, 1.82) is 0 Å². The van der Waals surface area contributed by atoms with Crippen LogP contribution in [0.4, 0.5) is 0 Å². The summed E-state index contributed by atoms with van der Waals surface area (Å²) in [4.78, 5) is 17.1. The molecular formula is C6H5BrN2O2S. The maximum Gasteiger partial charge on any atom is 0.355 e. The van der Waals surface area contributed by atoms with Crippen LogP contribution >= 0.6 is 28.1 Å². The topological polar surface area (TPSA) is 66.0 Å². The van der Waals surface area contributed by atoms with Crippen molar-refractivity contribution < 1.29 is 9.90 Å². The highest BCUT2D eigenvalue weighted by atomic mass is 79.9. The van der Waals surface area contributed by atoms with Gasteiger partial charge in [0.2, 0.25) is 0 Å². The quantitative estimate of drug-likeness (QED) is 0.746. The molecule has 64 valence electrons.